The van der Waals surface area contributed by atoms with Crippen LogP contribution in [0.2, 0.25) is 0 Å². The molecule has 0 aliphatic carbocycles. The fourth-order valence-electron chi connectivity index (χ4n) is 3.90. The van der Waals surface area contributed by atoms with Crippen molar-refractivity contribution in [2.45, 2.75) is 116 Å². The molecule has 0 aliphatic heterocycles. The number of aryl methyl sites for hydroxylation is 1. The molecule has 1 atom stereocenters. The number of aromatic nitrogens is 2. The minimum absolute atomic E-state index is 0.320. The molecule has 1 aromatic carbocycles. The van der Waals surface area contributed by atoms with Crippen LogP contribution in [-0.2, 0) is 11.2 Å². The van der Waals surface area contributed by atoms with Crippen molar-refractivity contribution in [3.05, 3.63) is 35.7 Å². The van der Waals surface area contributed by atoms with Crippen molar-refractivity contribution in [3.8, 4) is 11.4 Å². The summed E-state index contributed by atoms with van der Waals surface area (Å²) in [4.78, 5) is 16.2. The van der Waals surface area contributed by atoms with Crippen LogP contribution in [-0.4, -0.2) is 28.4 Å². The van der Waals surface area contributed by atoms with E-state index in [0.717, 1.165) is 24.8 Å². The smallest absolute Gasteiger partial charge is 0.407 e. The third-order valence-corrected chi connectivity index (χ3v) is 5.90. The van der Waals surface area contributed by atoms with Gasteiger partial charge in [0.2, 0.25) is 11.7 Å². The first-order valence-corrected chi connectivity index (χ1v) is 13.4. The lowest BCUT2D eigenvalue weighted by Gasteiger charge is -2.19. The second kappa shape index (κ2) is 15.6. The van der Waals surface area contributed by atoms with Crippen LogP contribution in [0, 0.1) is 0 Å². The molecule has 2 aromatic rings. The maximum atomic E-state index is 11.7. The van der Waals surface area contributed by atoms with Crippen molar-refractivity contribution in [2.75, 3.05) is 6.54 Å². The largest absolute Gasteiger partial charge is 0.444 e. The van der Waals surface area contributed by atoms with Crippen LogP contribution in [0.1, 0.15) is 116 Å². The first kappa shape index (κ1) is 28.8. The van der Waals surface area contributed by atoms with E-state index in [1.807, 2.05) is 20.8 Å². The monoisotopic (exact) mass is 486 g/mol. The predicted octanol–water partition coefficient (Wildman–Crippen LogP) is 7.11. The average Bonchev–Trinajstić information content (AvgIpc) is 3.30. The Morgan fingerprint density at radius 2 is 1.66 bits per heavy atom. The highest BCUT2D eigenvalue weighted by Gasteiger charge is 2.17. The Bertz CT molecular complexity index is 843. The van der Waals surface area contributed by atoms with Gasteiger partial charge in [0.15, 0.2) is 0 Å². The molecule has 0 saturated heterocycles. The van der Waals surface area contributed by atoms with Crippen LogP contribution in [0.3, 0.4) is 0 Å². The van der Waals surface area contributed by atoms with Crippen LogP contribution in [0.5, 0.6) is 0 Å². The molecule has 1 amide bonds. The summed E-state index contributed by atoms with van der Waals surface area (Å²) in [7, 11) is 0. The molecule has 0 bridgehead atoms. The SMILES string of the molecule is CCCCCCCCCCc1ccc(-c2noc([C@@H](N)CCCCNC(=O)OC(C)(C)C)n2)cc1. The quantitative estimate of drug-likeness (QED) is 0.245. The number of nitrogens with two attached hydrogens (primary N) is 1. The van der Waals surface area contributed by atoms with E-state index in [2.05, 4.69) is 46.6 Å². The van der Waals surface area contributed by atoms with E-state index in [-0.39, 0.29) is 6.04 Å². The number of hydrogen-bond donors (Lipinski definition) is 2. The normalized spacial score (nSPS) is 12.5. The van der Waals surface area contributed by atoms with E-state index in [1.165, 1.54) is 56.9 Å². The number of ether oxygens (including phenoxy) is 1. The maximum Gasteiger partial charge on any atom is 0.407 e. The van der Waals surface area contributed by atoms with Crippen LogP contribution < -0.4 is 11.1 Å². The zero-order valence-corrected chi connectivity index (χ0v) is 22.3. The van der Waals surface area contributed by atoms with Crippen LogP contribution in [0.4, 0.5) is 4.79 Å². The minimum Gasteiger partial charge on any atom is -0.444 e. The minimum atomic E-state index is -0.490. The van der Waals surface area contributed by atoms with Gasteiger partial charge in [0.1, 0.15) is 5.60 Å². The van der Waals surface area contributed by atoms with Crippen molar-refractivity contribution in [1.29, 1.82) is 0 Å². The Kier molecular flexibility index (Phi) is 12.8. The van der Waals surface area contributed by atoms with Crippen LogP contribution in [0.25, 0.3) is 11.4 Å². The molecule has 7 heteroatoms. The number of hydrogen-bond acceptors (Lipinski definition) is 6. The highest BCUT2D eigenvalue weighted by Crippen LogP contribution is 2.21. The summed E-state index contributed by atoms with van der Waals surface area (Å²) in [5.41, 5.74) is 8.04. The van der Waals surface area contributed by atoms with Crippen molar-refractivity contribution >= 4 is 6.09 Å². The van der Waals surface area contributed by atoms with E-state index in [0.29, 0.717) is 24.7 Å². The fraction of sp³-hybridized carbons (Fsp3) is 0.679. The van der Waals surface area contributed by atoms with Gasteiger partial charge in [-0.15, -0.1) is 0 Å². The number of nitrogens with zero attached hydrogens (tertiary/aromatic N) is 2. The molecule has 7 nitrogen and oxygen atoms in total. The molecule has 35 heavy (non-hydrogen) atoms. The number of alkyl carbamates (subject to hydrolysis) is 1. The van der Waals surface area contributed by atoms with Crippen molar-refractivity contribution in [1.82, 2.24) is 15.5 Å². The fourth-order valence-corrected chi connectivity index (χ4v) is 3.90. The molecule has 0 fully saturated rings. The molecule has 0 radical (unpaired) electrons. The molecular weight excluding hydrogens is 440 g/mol. The summed E-state index contributed by atoms with van der Waals surface area (Å²) in [5, 5.41) is 6.87. The Hall–Kier alpha value is -2.41. The standard InChI is InChI=1S/C28H46N4O3/c1-5-6-7-8-9-10-11-12-15-22-17-19-23(20-18-22)25-31-26(35-32-25)24(29)16-13-14-21-30-27(33)34-28(2,3)4/h17-20,24H,5-16,21,29H2,1-4H3,(H,30,33)/t24-/m0/s1. The number of benzene rings is 1. The average molecular weight is 487 g/mol. The van der Waals surface area contributed by atoms with Crippen molar-refractivity contribution in [2.24, 2.45) is 5.73 Å². The summed E-state index contributed by atoms with van der Waals surface area (Å²) >= 11 is 0. The number of carbonyl (C=O) groups excluding carboxylic acids is 1. The first-order valence-electron chi connectivity index (χ1n) is 13.4. The Morgan fingerprint density at radius 1 is 1.00 bits per heavy atom. The highest BCUT2D eigenvalue weighted by atomic mass is 16.6. The molecule has 196 valence electrons. The van der Waals surface area contributed by atoms with E-state index in [1.54, 1.807) is 0 Å². The second-order valence-corrected chi connectivity index (χ2v) is 10.4. The van der Waals surface area contributed by atoms with Gasteiger partial charge < -0.3 is 20.3 Å². The number of unbranched alkanes of at least 4 members (excludes halogenated alkanes) is 8. The summed E-state index contributed by atoms with van der Waals surface area (Å²) in [6.45, 7) is 8.34. The number of carbonyl (C=O) groups is 1. The van der Waals surface area contributed by atoms with Crippen molar-refractivity contribution in [3.63, 3.8) is 0 Å². The van der Waals surface area contributed by atoms with Gasteiger partial charge in [-0.3, -0.25) is 0 Å². The van der Waals surface area contributed by atoms with E-state index >= 15 is 0 Å². The number of rotatable bonds is 16. The molecule has 0 unspecified atom stereocenters. The maximum absolute atomic E-state index is 11.7. The van der Waals surface area contributed by atoms with Gasteiger partial charge in [0.25, 0.3) is 0 Å². The molecule has 0 aliphatic rings. The lowest BCUT2D eigenvalue weighted by molar-refractivity contribution is 0.0527. The molecule has 1 heterocycles. The molecule has 2 rings (SSSR count). The first-order chi connectivity index (χ1) is 16.8. The summed E-state index contributed by atoms with van der Waals surface area (Å²) < 4.78 is 10.6. The lowest BCUT2D eigenvalue weighted by atomic mass is 10.0. The zero-order chi connectivity index (χ0) is 25.5. The number of amides is 1. The van der Waals surface area contributed by atoms with E-state index in [4.69, 9.17) is 15.0 Å². The van der Waals surface area contributed by atoms with Gasteiger partial charge in [-0.1, -0.05) is 81.3 Å². The van der Waals surface area contributed by atoms with Gasteiger partial charge >= 0.3 is 6.09 Å². The molecular formula is C28H46N4O3. The third-order valence-electron chi connectivity index (χ3n) is 5.90. The zero-order valence-electron chi connectivity index (χ0n) is 22.3. The van der Waals surface area contributed by atoms with E-state index < -0.39 is 11.7 Å². The third kappa shape index (κ3) is 12.2. The van der Waals surface area contributed by atoms with Gasteiger partial charge in [-0.25, -0.2) is 4.79 Å². The van der Waals surface area contributed by atoms with Gasteiger partial charge in [0, 0.05) is 12.1 Å². The van der Waals surface area contributed by atoms with Gasteiger partial charge in [0.05, 0.1) is 6.04 Å². The molecule has 1 aromatic heterocycles. The lowest BCUT2D eigenvalue weighted by Crippen LogP contribution is -2.33. The summed E-state index contributed by atoms with van der Waals surface area (Å²) in [5.74, 6) is 1.02. The predicted molar refractivity (Wildman–Crippen MR) is 141 cm³/mol. The molecule has 0 spiro atoms. The second-order valence-electron chi connectivity index (χ2n) is 10.4. The molecule has 0 saturated carbocycles. The van der Waals surface area contributed by atoms with Crippen LogP contribution >= 0.6 is 0 Å². The summed E-state index contributed by atoms with van der Waals surface area (Å²) in [6, 6.07) is 8.11. The van der Waals surface area contributed by atoms with Crippen LogP contribution in [0.15, 0.2) is 28.8 Å². The topological polar surface area (TPSA) is 103 Å². The van der Waals surface area contributed by atoms with Gasteiger partial charge in [-0.2, -0.15) is 4.98 Å². The van der Waals surface area contributed by atoms with Gasteiger partial charge in [-0.05, 0) is 58.4 Å². The van der Waals surface area contributed by atoms with Crippen molar-refractivity contribution < 1.29 is 14.1 Å². The Morgan fingerprint density at radius 3 is 2.31 bits per heavy atom. The van der Waals surface area contributed by atoms with E-state index in [9.17, 15) is 4.79 Å². The summed E-state index contributed by atoms with van der Waals surface area (Å²) in [6.07, 6.45) is 13.7. The number of nitrogens with one attached hydrogen (secondary N) is 1. The Labute approximate surface area is 211 Å². The Balaban J connectivity index is 1.66. The highest BCUT2D eigenvalue weighted by molar-refractivity contribution is 5.67. The molecule has 3 N–H and O–H groups in total.